The second kappa shape index (κ2) is 3.42. The number of benzene rings is 1. The molecular weight excluding hydrogens is 176 g/mol. The van der Waals surface area contributed by atoms with Crippen LogP contribution in [0.2, 0.25) is 0 Å². The Morgan fingerprint density at radius 1 is 1.25 bits per heavy atom. The molecule has 0 amide bonds. The van der Waals surface area contributed by atoms with Gasteiger partial charge in [-0.2, -0.15) is 8.78 Å². The third kappa shape index (κ3) is 2.11. The smallest absolute Gasteiger partial charge is 0.387 e. The Kier molecular flexibility index (Phi) is 2.52. The van der Waals surface area contributed by atoms with Crippen LogP contribution >= 0.6 is 0 Å². The van der Waals surface area contributed by atoms with Crippen molar-refractivity contribution in [2.45, 2.75) is 6.61 Å². The summed E-state index contributed by atoms with van der Waals surface area (Å²) in [5.74, 6) is -3.02. The van der Waals surface area contributed by atoms with E-state index in [0.717, 1.165) is 6.07 Å². The Morgan fingerprint density at radius 2 is 1.92 bits per heavy atom. The van der Waals surface area contributed by atoms with Crippen molar-refractivity contribution in [3.05, 3.63) is 29.8 Å². The predicted molar refractivity (Wildman–Crippen MR) is 31.8 cm³/mol. The van der Waals surface area contributed by atoms with Crippen LogP contribution in [0.1, 0.15) is 0 Å². The molecule has 1 nitrogen and oxygen atoms in total. The number of ether oxygens (including phenoxy) is 1. The van der Waals surface area contributed by atoms with Crippen molar-refractivity contribution < 1.29 is 22.3 Å². The molecule has 1 aromatic carbocycles. The van der Waals surface area contributed by atoms with Gasteiger partial charge in [0.25, 0.3) is 0 Å². The average molecular weight is 179 g/mol. The molecule has 0 aliphatic carbocycles. The zero-order valence-electron chi connectivity index (χ0n) is 5.65. The van der Waals surface area contributed by atoms with Crippen LogP contribution in [0.25, 0.3) is 0 Å². The lowest BCUT2D eigenvalue weighted by atomic mass is 10.3. The van der Waals surface area contributed by atoms with E-state index in [1.54, 1.807) is 6.07 Å². The number of halogens is 4. The monoisotopic (exact) mass is 179 g/mol. The zero-order valence-corrected chi connectivity index (χ0v) is 5.65. The number of alkyl halides is 2. The van der Waals surface area contributed by atoms with Crippen LogP contribution in [-0.2, 0) is 0 Å². The van der Waals surface area contributed by atoms with Gasteiger partial charge in [0.1, 0.15) is 5.75 Å². The number of hydrogen-bond donors (Lipinski definition) is 0. The number of rotatable bonds is 2. The van der Waals surface area contributed by atoms with E-state index in [4.69, 9.17) is 0 Å². The van der Waals surface area contributed by atoms with Gasteiger partial charge in [0.15, 0.2) is 11.6 Å². The second-order valence-corrected chi connectivity index (χ2v) is 1.86. The highest BCUT2D eigenvalue weighted by Gasteiger charge is 2.08. The Balaban J connectivity index is 2.82. The Hall–Kier alpha value is -1.26. The fraction of sp³-hybridized carbons (Fsp3) is 0.143. The van der Waals surface area contributed by atoms with Gasteiger partial charge in [0, 0.05) is 0 Å². The summed E-state index contributed by atoms with van der Waals surface area (Å²) < 4.78 is 51.2. The van der Waals surface area contributed by atoms with Gasteiger partial charge >= 0.3 is 6.61 Å². The molecule has 0 aliphatic rings. The molecule has 0 aromatic heterocycles. The maximum absolute atomic E-state index is 12.3. The third-order valence-corrected chi connectivity index (χ3v) is 1.04. The molecule has 1 aromatic rings. The molecule has 65 valence electrons. The van der Waals surface area contributed by atoms with Gasteiger partial charge in [-0.3, -0.25) is 0 Å². The predicted octanol–water partition coefficient (Wildman–Crippen LogP) is 2.37. The molecule has 0 atom stereocenters. The van der Waals surface area contributed by atoms with E-state index in [-0.39, 0.29) is 0 Å². The van der Waals surface area contributed by atoms with Crippen LogP contribution in [0.15, 0.2) is 12.1 Å². The van der Waals surface area contributed by atoms with Crippen molar-refractivity contribution in [3.8, 4) is 5.75 Å². The molecule has 0 spiro atoms. The maximum atomic E-state index is 12.3. The lowest BCUT2D eigenvalue weighted by molar-refractivity contribution is -0.0502. The second-order valence-electron chi connectivity index (χ2n) is 1.86. The summed E-state index contributed by atoms with van der Waals surface area (Å²) in [6, 6.07) is 3.21. The largest absolute Gasteiger partial charge is 0.434 e. The van der Waals surface area contributed by atoms with Gasteiger partial charge in [-0.1, -0.05) is 0 Å². The molecule has 5 heteroatoms. The minimum absolute atomic E-state index is 0.524. The summed E-state index contributed by atoms with van der Waals surface area (Å²) in [7, 11) is 0. The molecule has 1 rings (SSSR count). The van der Waals surface area contributed by atoms with Crippen LogP contribution < -0.4 is 4.74 Å². The first kappa shape index (κ1) is 8.83. The van der Waals surface area contributed by atoms with Crippen molar-refractivity contribution in [1.29, 1.82) is 0 Å². The van der Waals surface area contributed by atoms with Gasteiger partial charge in [0.05, 0.1) is 6.07 Å². The first-order valence-corrected chi connectivity index (χ1v) is 2.91. The molecule has 0 saturated carbocycles. The van der Waals surface area contributed by atoms with Crippen molar-refractivity contribution in [3.63, 3.8) is 0 Å². The molecule has 0 saturated heterocycles. The van der Waals surface area contributed by atoms with E-state index in [9.17, 15) is 17.6 Å². The summed E-state index contributed by atoms with van der Waals surface area (Å²) in [6.07, 6.45) is 0. The van der Waals surface area contributed by atoms with Gasteiger partial charge in [-0.15, -0.1) is 0 Å². The Bertz CT molecular complexity index is 274. The Morgan fingerprint density at radius 3 is 2.42 bits per heavy atom. The van der Waals surface area contributed by atoms with E-state index in [2.05, 4.69) is 4.74 Å². The lowest BCUT2D eigenvalue weighted by Crippen LogP contribution is -2.02. The molecule has 0 fully saturated rings. The van der Waals surface area contributed by atoms with E-state index in [0.29, 0.717) is 6.07 Å². The van der Waals surface area contributed by atoms with Gasteiger partial charge in [-0.05, 0) is 12.1 Å². The standard InChI is InChI=1S/C7H3F4O/c8-5-2-1-4(3-6(5)9)12-7(10)11/h1-2,7H. The molecule has 0 aliphatic heterocycles. The van der Waals surface area contributed by atoms with Gasteiger partial charge in [-0.25, -0.2) is 8.78 Å². The zero-order chi connectivity index (χ0) is 9.14. The fourth-order valence-corrected chi connectivity index (χ4v) is 0.596. The molecular formula is C7H3F4O. The van der Waals surface area contributed by atoms with Crippen molar-refractivity contribution in [2.24, 2.45) is 0 Å². The Labute approximate surface area is 65.6 Å². The van der Waals surface area contributed by atoms with Crippen molar-refractivity contribution in [2.75, 3.05) is 0 Å². The SMILES string of the molecule is Fc1[c]c(OC(F)F)ccc1F. The fourth-order valence-electron chi connectivity index (χ4n) is 0.596. The van der Waals surface area contributed by atoms with Crippen molar-refractivity contribution in [1.82, 2.24) is 0 Å². The third-order valence-electron chi connectivity index (χ3n) is 1.04. The van der Waals surface area contributed by atoms with Gasteiger partial charge in [0.2, 0.25) is 0 Å². The van der Waals surface area contributed by atoms with E-state index in [1.807, 2.05) is 0 Å². The van der Waals surface area contributed by atoms with Crippen LogP contribution in [0.4, 0.5) is 17.6 Å². The van der Waals surface area contributed by atoms with E-state index >= 15 is 0 Å². The van der Waals surface area contributed by atoms with Crippen LogP contribution in [0.3, 0.4) is 0 Å². The summed E-state index contributed by atoms with van der Waals surface area (Å²) in [4.78, 5) is 0. The summed E-state index contributed by atoms with van der Waals surface area (Å²) in [6.45, 7) is -3.06. The lowest BCUT2D eigenvalue weighted by Gasteiger charge is -2.02. The topological polar surface area (TPSA) is 9.23 Å². The molecule has 1 radical (unpaired) electrons. The van der Waals surface area contributed by atoms with Gasteiger partial charge < -0.3 is 4.74 Å². The quantitative estimate of drug-likeness (QED) is 0.633. The minimum Gasteiger partial charge on any atom is -0.434 e. The maximum Gasteiger partial charge on any atom is 0.387 e. The summed E-state index contributed by atoms with van der Waals surface area (Å²) in [5.41, 5.74) is 0. The summed E-state index contributed by atoms with van der Waals surface area (Å²) >= 11 is 0. The highest BCUT2D eigenvalue weighted by Crippen LogP contribution is 2.16. The van der Waals surface area contributed by atoms with E-state index in [1.165, 1.54) is 0 Å². The van der Waals surface area contributed by atoms with E-state index < -0.39 is 24.0 Å². The highest BCUT2D eigenvalue weighted by atomic mass is 19.3. The normalized spacial score (nSPS) is 10.4. The summed E-state index contributed by atoms with van der Waals surface area (Å²) in [5, 5.41) is 0. The van der Waals surface area contributed by atoms with Crippen LogP contribution in [-0.4, -0.2) is 6.61 Å². The van der Waals surface area contributed by atoms with Crippen LogP contribution in [0, 0.1) is 17.7 Å². The first-order valence-electron chi connectivity index (χ1n) is 2.91. The van der Waals surface area contributed by atoms with Crippen LogP contribution in [0.5, 0.6) is 5.75 Å². The number of hydrogen-bond acceptors (Lipinski definition) is 1. The highest BCUT2D eigenvalue weighted by molar-refractivity contribution is 5.21. The molecule has 12 heavy (non-hydrogen) atoms. The molecule has 0 heterocycles. The minimum atomic E-state index is -3.06. The first-order chi connectivity index (χ1) is 5.59. The molecule has 0 bridgehead atoms. The molecule has 0 unspecified atom stereocenters. The molecule has 0 N–H and O–H groups in total. The average Bonchev–Trinajstić information content (AvgIpc) is 1.96. The van der Waals surface area contributed by atoms with Crippen molar-refractivity contribution >= 4 is 0 Å².